The second-order valence-electron chi connectivity index (χ2n) is 4.09. The Morgan fingerprint density at radius 1 is 1.39 bits per heavy atom. The number of rotatable bonds is 4. The van der Waals surface area contributed by atoms with Crippen molar-refractivity contribution in [1.82, 2.24) is 0 Å². The predicted molar refractivity (Wildman–Crippen MR) is 82.0 cm³/mol. The Hall–Kier alpha value is -0.510. The largest absolute Gasteiger partial charge is 0.497 e. The number of hydrogen-bond acceptors (Lipinski definition) is 2. The molecule has 4 heteroatoms. The zero-order chi connectivity index (χ0) is 13.1. The molecule has 0 amide bonds. The van der Waals surface area contributed by atoms with E-state index in [1.807, 2.05) is 18.2 Å². The van der Waals surface area contributed by atoms with Crippen molar-refractivity contribution in [3.8, 4) is 5.75 Å². The molecule has 1 aromatic carbocycles. The smallest absolute Gasteiger partial charge is 0.119 e. The third-order valence-corrected chi connectivity index (χ3v) is 5.25. The van der Waals surface area contributed by atoms with Crippen molar-refractivity contribution >= 4 is 38.9 Å². The molecule has 0 fully saturated rings. The molecule has 0 spiro atoms. The van der Waals surface area contributed by atoms with E-state index in [0.29, 0.717) is 0 Å². The van der Waals surface area contributed by atoms with Crippen molar-refractivity contribution in [2.24, 2.45) is 0 Å². The molecule has 1 aromatic heterocycles. The Kier molecular flexibility index (Phi) is 4.71. The van der Waals surface area contributed by atoms with Gasteiger partial charge in [0.15, 0.2) is 0 Å². The van der Waals surface area contributed by atoms with Gasteiger partial charge in [0, 0.05) is 14.2 Å². The summed E-state index contributed by atoms with van der Waals surface area (Å²) in [6.45, 7) is 2.09. The van der Waals surface area contributed by atoms with E-state index >= 15 is 0 Å². The van der Waals surface area contributed by atoms with Gasteiger partial charge in [-0.3, -0.25) is 0 Å². The highest BCUT2D eigenvalue weighted by Crippen LogP contribution is 2.37. The van der Waals surface area contributed by atoms with E-state index in [1.165, 1.54) is 15.3 Å². The molecule has 0 N–H and O–H groups in total. The van der Waals surface area contributed by atoms with E-state index in [0.717, 1.165) is 16.6 Å². The van der Waals surface area contributed by atoms with Crippen LogP contribution in [-0.4, -0.2) is 7.11 Å². The lowest BCUT2D eigenvalue weighted by Gasteiger charge is -2.09. The van der Waals surface area contributed by atoms with Crippen molar-refractivity contribution in [1.29, 1.82) is 0 Å². The average Bonchev–Trinajstić information content (AvgIpc) is 2.69. The number of methoxy groups -OCH3 is 1. The first-order chi connectivity index (χ1) is 8.60. The fourth-order valence-electron chi connectivity index (χ4n) is 1.81. The molecule has 18 heavy (non-hydrogen) atoms. The van der Waals surface area contributed by atoms with Gasteiger partial charge in [0.05, 0.1) is 12.5 Å². The van der Waals surface area contributed by atoms with Crippen molar-refractivity contribution in [3.05, 3.63) is 50.1 Å². The van der Waals surface area contributed by atoms with E-state index in [9.17, 15) is 0 Å². The van der Waals surface area contributed by atoms with Crippen LogP contribution in [0.2, 0.25) is 0 Å². The van der Waals surface area contributed by atoms with Crippen LogP contribution in [0, 0.1) is 6.92 Å². The molecule has 0 radical (unpaired) electrons. The fourth-order valence-corrected chi connectivity index (χ4v) is 4.28. The van der Waals surface area contributed by atoms with Crippen LogP contribution in [0.3, 0.4) is 0 Å². The number of ether oxygens (including phenoxy) is 1. The topological polar surface area (TPSA) is 9.23 Å². The van der Waals surface area contributed by atoms with Gasteiger partial charge in [-0.25, -0.2) is 0 Å². The quantitative estimate of drug-likeness (QED) is 0.679. The maximum Gasteiger partial charge on any atom is 0.119 e. The summed E-state index contributed by atoms with van der Waals surface area (Å²) in [5, 5.41) is -0.00909. The highest BCUT2D eigenvalue weighted by molar-refractivity contribution is 9.10. The van der Waals surface area contributed by atoms with Gasteiger partial charge in [0.1, 0.15) is 5.75 Å². The maximum atomic E-state index is 6.49. The van der Waals surface area contributed by atoms with E-state index in [4.69, 9.17) is 16.3 Å². The van der Waals surface area contributed by atoms with Gasteiger partial charge >= 0.3 is 0 Å². The Morgan fingerprint density at radius 3 is 2.78 bits per heavy atom. The number of thiophene rings is 1. The van der Waals surface area contributed by atoms with E-state index < -0.39 is 0 Å². The molecule has 2 rings (SSSR count). The SMILES string of the molecule is COc1cccc(CC(Cl)c2sc(C)cc2Br)c1. The Labute approximate surface area is 125 Å². The summed E-state index contributed by atoms with van der Waals surface area (Å²) < 4.78 is 6.32. The summed E-state index contributed by atoms with van der Waals surface area (Å²) in [6.07, 6.45) is 0.803. The summed E-state index contributed by atoms with van der Waals surface area (Å²) in [6, 6.07) is 10.2. The first kappa shape index (κ1) is 13.9. The third kappa shape index (κ3) is 3.28. The standard InChI is InChI=1S/C14H14BrClOS/c1-9-6-12(15)14(18-9)13(16)8-10-4-3-5-11(7-10)17-2/h3-7,13H,8H2,1-2H3. The summed E-state index contributed by atoms with van der Waals surface area (Å²) in [5.41, 5.74) is 1.19. The number of hydrogen-bond donors (Lipinski definition) is 0. The minimum Gasteiger partial charge on any atom is -0.497 e. The lowest BCUT2D eigenvalue weighted by Crippen LogP contribution is -1.95. The first-order valence-corrected chi connectivity index (χ1v) is 7.67. The van der Waals surface area contributed by atoms with Crippen LogP contribution in [0.15, 0.2) is 34.8 Å². The van der Waals surface area contributed by atoms with Crippen LogP contribution in [0.25, 0.3) is 0 Å². The third-order valence-electron chi connectivity index (χ3n) is 2.67. The number of aryl methyl sites for hydroxylation is 1. The second-order valence-corrected chi connectivity index (χ2v) is 6.76. The zero-order valence-corrected chi connectivity index (χ0v) is 13.4. The van der Waals surface area contributed by atoms with Crippen LogP contribution >= 0.6 is 38.9 Å². The number of alkyl halides is 1. The van der Waals surface area contributed by atoms with Crippen molar-refractivity contribution < 1.29 is 4.74 Å². The molecule has 0 bridgehead atoms. The minimum absolute atomic E-state index is 0.00909. The summed E-state index contributed by atoms with van der Waals surface area (Å²) in [7, 11) is 1.68. The summed E-state index contributed by atoms with van der Waals surface area (Å²) in [5.74, 6) is 0.873. The lowest BCUT2D eigenvalue weighted by molar-refractivity contribution is 0.414. The molecule has 1 heterocycles. The van der Waals surface area contributed by atoms with E-state index in [1.54, 1.807) is 18.4 Å². The molecule has 0 saturated heterocycles. The monoisotopic (exact) mass is 344 g/mol. The summed E-state index contributed by atoms with van der Waals surface area (Å²) in [4.78, 5) is 2.46. The molecule has 96 valence electrons. The average molecular weight is 346 g/mol. The molecule has 0 saturated carbocycles. The fraction of sp³-hybridized carbons (Fsp3) is 0.286. The molecular weight excluding hydrogens is 332 g/mol. The van der Waals surface area contributed by atoms with Crippen molar-refractivity contribution in [2.45, 2.75) is 18.7 Å². The molecule has 1 atom stereocenters. The molecule has 2 aromatic rings. The van der Waals surface area contributed by atoms with Crippen LogP contribution in [0.5, 0.6) is 5.75 Å². The molecule has 0 aliphatic carbocycles. The van der Waals surface area contributed by atoms with Crippen LogP contribution in [-0.2, 0) is 6.42 Å². The first-order valence-electron chi connectivity index (χ1n) is 5.63. The highest BCUT2D eigenvalue weighted by atomic mass is 79.9. The van der Waals surface area contributed by atoms with Gasteiger partial charge in [-0.2, -0.15) is 0 Å². The Morgan fingerprint density at radius 2 is 2.17 bits per heavy atom. The molecule has 1 unspecified atom stereocenters. The predicted octanol–water partition coefficient (Wildman–Crippen LogP) is 5.35. The minimum atomic E-state index is -0.00909. The normalized spacial score (nSPS) is 12.4. The molecular formula is C14H14BrClOS. The Balaban J connectivity index is 2.15. The van der Waals surface area contributed by atoms with Gasteiger partial charge in [-0.05, 0) is 53.0 Å². The van der Waals surface area contributed by atoms with Crippen LogP contribution in [0.4, 0.5) is 0 Å². The highest BCUT2D eigenvalue weighted by Gasteiger charge is 2.15. The van der Waals surface area contributed by atoms with Crippen LogP contribution < -0.4 is 4.74 Å². The van der Waals surface area contributed by atoms with Gasteiger partial charge in [0.25, 0.3) is 0 Å². The van der Waals surface area contributed by atoms with E-state index in [2.05, 4.69) is 35.0 Å². The van der Waals surface area contributed by atoms with E-state index in [-0.39, 0.29) is 5.38 Å². The van der Waals surface area contributed by atoms with Crippen molar-refractivity contribution in [2.75, 3.05) is 7.11 Å². The number of halogens is 2. The van der Waals surface area contributed by atoms with Gasteiger partial charge in [0.2, 0.25) is 0 Å². The van der Waals surface area contributed by atoms with Gasteiger partial charge in [-0.15, -0.1) is 22.9 Å². The molecule has 0 aliphatic heterocycles. The Bertz CT molecular complexity index is 538. The maximum absolute atomic E-state index is 6.49. The zero-order valence-electron chi connectivity index (χ0n) is 10.2. The van der Waals surface area contributed by atoms with Crippen LogP contribution in [0.1, 0.15) is 20.7 Å². The summed E-state index contributed by atoms with van der Waals surface area (Å²) >= 11 is 11.8. The van der Waals surface area contributed by atoms with Gasteiger partial charge < -0.3 is 4.74 Å². The van der Waals surface area contributed by atoms with Crippen molar-refractivity contribution in [3.63, 3.8) is 0 Å². The molecule has 0 aliphatic rings. The lowest BCUT2D eigenvalue weighted by atomic mass is 10.1. The number of benzene rings is 1. The van der Waals surface area contributed by atoms with Gasteiger partial charge in [-0.1, -0.05) is 12.1 Å². The second kappa shape index (κ2) is 6.09. The molecule has 1 nitrogen and oxygen atoms in total.